The molecule has 0 aliphatic rings. The van der Waals surface area contributed by atoms with Crippen molar-refractivity contribution in [1.82, 2.24) is 0 Å². The molecule has 15 heavy (non-hydrogen) atoms. The van der Waals surface area contributed by atoms with Crippen molar-refractivity contribution in [2.24, 2.45) is 0 Å². The standard InChI is InChI=1S/C6H2BrClFNO4S/c7-3-1-4(9)6(15(8,13)14)2-5(3)10(11)12/h1-2H. The number of nitro benzene ring substituents is 1. The van der Waals surface area contributed by atoms with Gasteiger partial charge in [-0.2, -0.15) is 0 Å². The van der Waals surface area contributed by atoms with Gasteiger partial charge in [0.2, 0.25) is 0 Å². The third-order valence-electron chi connectivity index (χ3n) is 1.46. The summed E-state index contributed by atoms with van der Waals surface area (Å²) in [5.74, 6) is -1.15. The van der Waals surface area contributed by atoms with E-state index in [2.05, 4.69) is 15.9 Å². The molecule has 0 saturated heterocycles. The van der Waals surface area contributed by atoms with E-state index >= 15 is 0 Å². The summed E-state index contributed by atoms with van der Waals surface area (Å²) >= 11 is 2.73. The minimum Gasteiger partial charge on any atom is -0.258 e. The molecule has 0 spiro atoms. The quantitative estimate of drug-likeness (QED) is 0.476. The fourth-order valence-electron chi connectivity index (χ4n) is 0.845. The van der Waals surface area contributed by atoms with Crippen molar-refractivity contribution < 1.29 is 17.7 Å². The molecule has 0 radical (unpaired) electrons. The molecule has 0 aliphatic heterocycles. The minimum atomic E-state index is -4.33. The topological polar surface area (TPSA) is 77.3 Å². The van der Waals surface area contributed by atoms with Gasteiger partial charge in [0.05, 0.1) is 9.40 Å². The average molecular weight is 319 g/mol. The largest absolute Gasteiger partial charge is 0.285 e. The lowest BCUT2D eigenvalue weighted by atomic mass is 10.3. The Bertz CT molecular complexity index is 532. The number of nitrogens with zero attached hydrogens (tertiary/aromatic N) is 1. The molecule has 0 bridgehead atoms. The van der Waals surface area contributed by atoms with Crippen LogP contribution in [0.2, 0.25) is 0 Å². The molecule has 0 heterocycles. The summed E-state index contributed by atoms with van der Waals surface area (Å²) in [6.07, 6.45) is 0. The zero-order valence-corrected chi connectivity index (χ0v) is 9.94. The van der Waals surface area contributed by atoms with E-state index in [9.17, 15) is 22.9 Å². The van der Waals surface area contributed by atoms with Crippen LogP contribution < -0.4 is 0 Å². The summed E-state index contributed by atoms with van der Waals surface area (Å²) in [6, 6.07) is 1.23. The van der Waals surface area contributed by atoms with E-state index in [1.807, 2.05) is 0 Å². The summed E-state index contributed by atoms with van der Waals surface area (Å²) in [5, 5.41) is 10.4. The Kier molecular flexibility index (Phi) is 3.31. The van der Waals surface area contributed by atoms with Crippen molar-refractivity contribution in [3.05, 3.63) is 32.5 Å². The van der Waals surface area contributed by atoms with Crippen LogP contribution in [0, 0.1) is 15.9 Å². The maximum absolute atomic E-state index is 13.1. The van der Waals surface area contributed by atoms with E-state index in [-0.39, 0.29) is 4.47 Å². The highest BCUT2D eigenvalue weighted by molar-refractivity contribution is 9.10. The maximum atomic E-state index is 13.1. The predicted octanol–water partition coefficient (Wildman–Crippen LogP) is 2.42. The average Bonchev–Trinajstić information content (AvgIpc) is 2.00. The lowest BCUT2D eigenvalue weighted by Crippen LogP contribution is -1.99. The third kappa shape index (κ3) is 2.64. The molecular formula is C6H2BrClFNO4S. The van der Waals surface area contributed by atoms with E-state index in [0.29, 0.717) is 12.1 Å². The highest BCUT2D eigenvalue weighted by Gasteiger charge is 2.23. The van der Waals surface area contributed by atoms with Crippen LogP contribution in [0.25, 0.3) is 0 Å². The van der Waals surface area contributed by atoms with Crippen LogP contribution in [-0.2, 0) is 9.05 Å². The molecule has 0 aromatic heterocycles. The highest BCUT2D eigenvalue weighted by Crippen LogP contribution is 2.31. The highest BCUT2D eigenvalue weighted by atomic mass is 79.9. The van der Waals surface area contributed by atoms with Crippen molar-refractivity contribution in [3.63, 3.8) is 0 Å². The number of halogens is 3. The van der Waals surface area contributed by atoms with E-state index in [4.69, 9.17) is 10.7 Å². The smallest absolute Gasteiger partial charge is 0.258 e. The summed E-state index contributed by atoms with van der Waals surface area (Å²) < 4.78 is 34.6. The fourth-order valence-corrected chi connectivity index (χ4v) is 2.20. The first-order chi connectivity index (χ1) is 6.73. The second-order valence-corrected chi connectivity index (χ2v) is 5.82. The first-order valence-electron chi connectivity index (χ1n) is 3.31. The molecule has 9 heteroatoms. The van der Waals surface area contributed by atoms with Crippen molar-refractivity contribution in [2.45, 2.75) is 4.90 Å². The van der Waals surface area contributed by atoms with Crippen LogP contribution in [0.5, 0.6) is 0 Å². The van der Waals surface area contributed by atoms with Crippen LogP contribution in [0.3, 0.4) is 0 Å². The second-order valence-electron chi connectivity index (χ2n) is 2.43. The number of hydrogen-bond donors (Lipinski definition) is 0. The molecule has 1 aromatic rings. The molecule has 0 atom stereocenters. The molecular weight excluding hydrogens is 316 g/mol. The van der Waals surface area contributed by atoms with Gasteiger partial charge in [-0.3, -0.25) is 10.1 Å². The zero-order chi connectivity index (χ0) is 11.8. The summed E-state index contributed by atoms with van der Waals surface area (Å²) in [4.78, 5) is 8.66. The molecule has 82 valence electrons. The fraction of sp³-hybridized carbons (Fsp3) is 0. The van der Waals surface area contributed by atoms with Crippen LogP contribution >= 0.6 is 26.6 Å². The maximum Gasteiger partial charge on any atom is 0.285 e. The Hall–Kier alpha value is -0.730. The molecule has 0 N–H and O–H groups in total. The van der Waals surface area contributed by atoms with Gasteiger partial charge in [0.25, 0.3) is 14.7 Å². The summed E-state index contributed by atoms with van der Waals surface area (Å²) in [5.41, 5.74) is -0.573. The number of rotatable bonds is 2. The monoisotopic (exact) mass is 317 g/mol. The lowest BCUT2D eigenvalue weighted by molar-refractivity contribution is -0.385. The molecule has 5 nitrogen and oxygen atoms in total. The Labute approximate surface area is 96.5 Å². The van der Waals surface area contributed by atoms with Crippen molar-refractivity contribution in [1.29, 1.82) is 0 Å². The van der Waals surface area contributed by atoms with Crippen molar-refractivity contribution >= 4 is 41.4 Å². The van der Waals surface area contributed by atoms with Gasteiger partial charge >= 0.3 is 0 Å². The van der Waals surface area contributed by atoms with E-state index in [1.54, 1.807) is 0 Å². The van der Waals surface area contributed by atoms with Crippen LogP contribution in [0.15, 0.2) is 21.5 Å². The number of nitro groups is 1. The molecule has 0 saturated carbocycles. The molecule has 0 fully saturated rings. The SMILES string of the molecule is O=[N+]([O-])c1cc(S(=O)(=O)Cl)c(F)cc1Br. The van der Waals surface area contributed by atoms with Gasteiger partial charge in [0.1, 0.15) is 10.7 Å². The van der Waals surface area contributed by atoms with Gasteiger partial charge in [0, 0.05) is 16.7 Å². The molecule has 1 aromatic carbocycles. The zero-order valence-electron chi connectivity index (χ0n) is 6.78. The van der Waals surface area contributed by atoms with E-state index < -0.39 is 30.4 Å². The number of hydrogen-bond acceptors (Lipinski definition) is 4. The van der Waals surface area contributed by atoms with Gasteiger partial charge in [0.15, 0.2) is 0 Å². The van der Waals surface area contributed by atoms with E-state index in [0.717, 1.165) is 0 Å². The molecule has 0 amide bonds. The molecule has 0 unspecified atom stereocenters. The predicted molar refractivity (Wildman–Crippen MR) is 53.8 cm³/mol. The van der Waals surface area contributed by atoms with Gasteiger partial charge in [-0.15, -0.1) is 0 Å². The second kappa shape index (κ2) is 4.03. The molecule has 1 rings (SSSR count). The number of benzene rings is 1. The Morgan fingerprint density at radius 1 is 1.47 bits per heavy atom. The van der Waals surface area contributed by atoms with Crippen molar-refractivity contribution in [2.75, 3.05) is 0 Å². The Morgan fingerprint density at radius 2 is 2.00 bits per heavy atom. The van der Waals surface area contributed by atoms with Crippen LogP contribution in [0.1, 0.15) is 0 Å². The Balaban J connectivity index is 3.58. The third-order valence-corrected chi connectivity index (χ3v) is 3.43. The van der Waals surface area contributed by atoms with Crippen molar-refractivity contribution in [3.8, 4) is 0 Å². The minimum absolute atomic E-state index is 0.158. The van der Waals surface area contributed by atoms with Gasteiger partial charge in [-0.1, -0.05) is 0 Å². The first kappa shape index (κ1) is 12.3. The summed E-state index contributed by atoms with van der Waals surface area (Å²) in [7, 11) is 0.553. The Morgan fingerprint density at radius 3 is 2.40 bits per heavy atom. The van der Waals surface area contributed by atoms with Crippen LogP contribution in [-0.4, -0.2) is 13.3 Å². The van der Waals surface area contributed by atoms with E-state index in [1.165, 1.54) is 0 Å². The summed E-state index contributed by atoms with van der Waals surface area (Å²) in [6.45, 7) is 0. The molecule has 0 aliphatic carbocycles. The van der Waals surface area contributed by atoms with Gasteiger partial charge < -0.3 is 0 Å². The van der Waals surface area contributed by atoms with Gasteiger partial charge in [-0.05, 0) is 22.0 Å². The van der Waals surface area contributed by atoms with Crippen LogP contribution in [0.4, 0.5) is 10.1 Å². The first-order valence-corrected chi connectivity index (χ1v) is 6.42. The lowest BCUT2D eigenvalue weighted by Gasteiger charge is -2.00. The van der Waals surface area contributed by atoms with Gasteiger partial charge in [-0.25, -0.2) is 12.8 Å². The normalized spacial score (nSPS) is 11.4.